The summed E-state index contributed by atoms with van der Waals surface area (Å²) in [5.74, 6) is 0.0699. The van der Waals surface area contributed by atoms with Crippen LogP contribution in [0.15, 0.2) is 24.3 Å². The van der Waals surface area contributed by atoms with E-state index in [1.165, 1.54) is 5.56 Å². The van der Waals surface area contributed by atoms with Crippen LogP contribution in [0.25, 0.3) is 0 Å². The summed E-state index contributed by atoms with van der Waals surface area (Å²) in [5.41, 5.74) is 2.00. The molecule has 0 saturated carbocycles. The SMILES string of the molecule is CCN(CC)Cc1ccc(C(=O)N(C)CCCOC)cc1. The lowest BCUT2D eigenvalue weighted by atomic mass is 10.1. The molecule has 0 spiro atoms. The molecule has 0 aliphatic heterocycles. The van der Waals surface area contributed by atoms with Gasteiger partial charge in [-0.3, -0.25) is 9.69 Å². The van der Waals surface area contributed by atoms with Gasteiger partial charge in [-0.25, -0.2) is 0 Å². The van der Waals surface area contributed by atoms with Gasteiger partial charge in [-0.05, 0) is 37.2 Å². The smallest absolute Gasteiger partial charge is 0.253 e. The standard InChI is InChI=1S/C17H28N2O2/c1-5-19(6-2)14-15-8-10-16(11-9-15)17(20)18(3)12-7-13-21-4/h8-11H,5-7,12-14H2,1-4H3. The highest BCUT2D eigenvalue weighted by molar-refractivity contribution is 5.94. The third-order valence-electron chi connectivity index (χ3n) is 3.69. The quantitative estimate of drug-likeness (QED) is 0.656. The third kappa shape index (κ3) is 5.86. The number of benzene rings is 1. The average Bonchev–Trinajstić information content (AvgIpc) is 2.52. The van der Waals surface area contributed by atoms with Gasteiger partial charge in [0.15, 0.2) is 0 Å². The van der Waals surface area contributed by atoms with Crippen molar-refractivity contribution in [2.24, 2.45) is 0 Å². The average molecular weight is 292 g/mol. The monoisotopic (exact) mass is 292 g/mol. The van der Waals surface area contributed by atoms with Gasteiger partial charge in [0.2, 0.25) is 0 Å². The fourth-order valence-corrected chi connectivity index (χ4v) is 2.23. The van der Waals surface area contributed by atoms with Gasteiger partial charge in [0.1, 0.15) is 0 Å². The van der Waals surface area contributed by atoms with Crippen molar-refractivity contribution in [3.63, 3.8) is 0 Å². The molecule has 1 amide bonds. The molecule has 4 nitrogen and oxygen atoms in total. The fraction of sp³-hybridized carbons (Fsp3) is 0.588. The van der Waals surface area contributed by atoms with E-state index in [9.17, 15) is 4.79 Å². The van der Waals surface area contributed by atoms with Gasteiger partial charge in [-0.15, -0.1) is 0 Å². The van der Waals surface area contributed by atoms with Crippen molar-refractivity contribution >= 4 is 5.91 Å². The van der Waals surface area contributed by atoms with E-state index in [4.69, 9.17) is 4.74 Å². The van der Waals surface area contributed by atoms with Crippen molar-refractivity contribution in [3.8, 4) is 0 Å². The van der Waals surface area contributed by atoms with E-state index in [1.807, 2.05) is 19.2 Å². The number of carbonyl (C=O) groups is 1. The number of ether oxygens (including phenoxy) is 1. The summed E-state index contributed by atoms with van der Waals surface area (Å²) in [7, 11) is 3.51. The van der Waals surface area contributed by atoms with Crippen molar-refractivity contribution in [1.29, 1.82) is 0 Å². The van der Waals surface area contributed by atoms with E-state index in [0.717, 1.165) is 31.6 Å². The van der Waals surface area contributed by atoms with Crippen molar-refractivity contribution in [1.82, 2.24) is 9.80 Å². The van der Waals surface area contributed by atoms with E-state index in [-0.39, 0.29) is 5.91 Å². The molecule has 21 heavy (non-hydrogen) atoms. The highest BCUT2D eigenvalue weighted by Crippen LogP contribution is 2.09. The van der Waals surface area contributed by atoms with Crippen molar-refractivity contribution in [3.05, 3.63) is 35.4 Å². The van der Waals surface area contributed by atoms with Gasteiger partial charge in [0, 0.05) is 39.4 Å². The second-order valence-corrected chi connectivity index (χ2v) is 5.23. The normalized spacial score (nSPS) is 10.9. The van der Waals surface area contributed by atoms with Crippen LogP contribution in [-0.4, -0.2) is 56.1 Å². The Balaban J connectivity index is 2.58. The summed E-state index contributed by atoms with van der Waals surface area (Å²) in [6.45, 7) is 8.74. The highest BCUT2D eigenvalue weighted by Gasteiger charge is 2.11. The fourth-order valence-electron chi connectivity index (χ4n) is 2.23. The van der Waals surface area contributed by atoms with E-state index < -0.39 is 0 Å². The van der Waals surface area contributed by atoms with Gasteiger partial charge in [0.25, 0.3) is 5.91 Å². The number of methoxy groups -OCH3 is 1. The maximum atomic E-state index is 12.3. The Hall–Kier alpha value is -1.39. The maximum Gasteiger partial charge on any atom is 0.253 e. The zero-order valence-corrected chi connectivity index (χ0v) is 13.8. The Morgan fingerprint density at radius 1 is 1.14 bits per heavy atom. The summed E-state index contributed by atoms with van der Waals surface area (Å²) in [4.78, 5) is 16.4. The largest absolute Gasteiger partial charge is 0.385 e. The zero-order chi connectivity index (χ0) is 15.7. The molecule has 118 valence electrons. The predicted octanol–water partition coefficient (Wildman–Crippen LogP) is 2.64. The van der Waals surface area contributed by atoms with Crippen LogP contribution in [-0.2, 0) is 11.3 Å². The highest BCUT2D eigenvalue weighted by atomic mass is 16.5. The molecule has 0 N–H and O–H groups in total. The molecule has 0 unspecified atom stereocenters. The van der Waals surface area contributed by atoms with Crippen LogP contribution in [0.5, 0.6) is 0 Å². The van der Waals surface area contributed by atoms with Crippen LogP contribution >= 0.6 is 0 Å². The molecular weight excluding hydrogens is 264 g/mol. The number of hydrogen-bond donors (Lipinski definition) is 0. The summed E-state index contributed by atoms with van der Waals surface area (Å²) in [6.07, 6.45) is 0.860. The lowest BCUT2D eigenvalue weighted by Crippen LogP contribution is -2.28. The molecule has 0 saturated heterocycles. The molecule has 0 heterocycles. The van der Waals surface area contributed by atoms with Gasteiger partial charge in [-0.2, -0.15) is 0 Å². The van der Waals surface area contributed by atoms with Crippen LogP contribution in [0, 0.1) is 0 Å². The van der Waals surface area contributed by atoms with Crippen LogP contribution in [0.4, 0.5) is 0 Å². The molecule has 0 radical (unpaired) electrons. The molecule has 0 aliphatic rings. The number of amides is 1. The first-order chi connectivity index (χ1) is 10.1. The second-order valence-electron chi connectivity index (χ2n) is 5.23. The third-order valence-corrected chi connectivity index (χ3v) is 3.69. The molecule has 0 atom stereocenters. The molecule has 1 rings (SSSR count). The minimum Gasteiger partial charge on any atom is -0.385 e. The van der Waals surface area contributed by atoms with Gasteiger partial charge < -0.3 is 9.64 Å². The first kappa shape index (κ1) is 17.7. The van der Waals surface area contributed by atoms with E-state index >= 15 is 0 Å². The van der Waals surface area contributed by atoms with Crippen LogP contribution in [0.3, 0.4) is 0 Å². The van der Waals surface area contributed by atoms with Gasteiger partial charge in [0.05, 0.1) is 0 Å². The van der Waals surface area contributed by atoms with Crippen molar-refractivity contribution in [2.75, 3.05) is 40.4 Å². The summed E-state index contributed by atoms with van der Waals surface area (Å²) < 4.78 is 5.01. The lowest BCUT2D eigenvalue weighted by Gasteiger charge is -2.19. The van der Waals surface area contributed by atoms with Crippen LogP contribution < -0.4 is 0 Å². The zero-order valence-electron chi connectivity index (χ0n) is 13.8. The Kier molecular flexibility index (Phi) is 8.01. The molecule has 0 bridgehead atoms. The Morgan fingerprint density at radius 2 is 1.76 bits per heavy atom. The Morgan fingerprint density at radius 3 is 2.29 bits per heavy atom. The summed E-state index contributed by atoms with van der Waals surface area (Å²) >= 11 is 0. The van der Waals surface area contributed by atoms with E-state index in [0.29, 0.717) is 13.2 Å². The molecular formula is C17H28N2O2. The lowest BCUT2D eigenvalue weighted by molar-refractivity contribution is 0.0779. The van der Waals surface area contributed by atoms with Crippen molar-refractivity contribution in [2.45, 2.75) is 26.8 Å². The molecule has 0 aliphatic carbocycles. The minimum atomic E-state index is 0.0699. The molecule has 0 fully saturated rings. The number of carbonyl (C=O) groups excluding carboxylic acids is 1. The number of nitrogens with zero attached hydrogens (tertiary/aromatic N) is 2. The molecule has 0 aromatic heterocycles. The van der Waals surface area contributed by atoms with Gasteiger partial charge in [-0.1, -0.05) is 26.0 Å². The summed E-state index contributed by atoms with van der Waals surface area (Å²) in [6, 6.07) is 7.95. The van der Waals surface area contributed by atoms with E-state index in [2.05, 4.69) is 30.9 Å². The molecule has 1 aromatic rings. The second kappa shape index (κ2) is 9.53. The predicted molar refractivity (Wildman–Crippen MR) is 86.5 cm³/mol. The molecule has 4 heteroatoms. The first-order valence-electron chi connectivity index (χ1n) is 7.68. The minimum absolute atomic E-state index is 0.0699. The number of hydrogen-bond acceptors (Lipinski definition) is 3. The van der Waals surface area contributed by atoms with Crippen LogP contribution in [0.2, 0.25) is 0 Å². The molecule has 1 aromatic carbocycles. The maximum absolute atomic E-state index is 12.3. The summed E-state index contributed by atoms with van der Waals surface area (Å²) in [5, 5.41) is 0. The van der Waals surface area contributed by atoms with Gasteiger partial charge >= 0.3 is 0 Å². The first-order valence-corrected chi connectivity index (χ1v) is 7.68. The Labute approximate surface area is 128 Å². The Bertz CT molecular complexity index is 413. The number of rotatable bonds is 9. The van der Waals surface area contributed by atoms with E-state index in [1.54, 1.807) is 12.0 Å². The van der Waals surface area contributed by atoms with Crippen LogP contribution in [0.1, 0.15) is 36.2 Å². The topological polar surface area (TPSA) is 32.8 Å². The van der Waals surface area contributed by atoms with Crippen molar-refractivity contribution < 1.29 is 9.53 Å².